The zero-order chi connectivity index (χ0) is 50.1. The molecule has 10 rings (SSSR count). The number of nitrogens with one attached hydrogen (secondary N) is 7. The highest BCUT2D eigenvalue weighted by Gasteiger charge is 2.31. The number of carbonyl (C=O) groups excluding carboxylic acids is 4. The highest BCUT2D eigenvalue weighted by atomic mass is 35.5. The number of piperidine rings is 1. The standard InChI is InChI=1S/C51H50Cl2N12O7/c1-51(2,3)72-50(69)65-15-12-28(25-65)16-43(66)58-33-21-39-47(57-24-33)64-45(62-39)35-19-31(5-7-37(35)53)60-49(68)42-17-29(26-70-42)40-8-9-41(71-40)48(67)59-30-4-6-36(52)34(18-30)44-61-38-20-32(23-56-46(38)63-44)55-22-27-10-13-54-14-11-27/h4-9,17-21,23-24,26-28,54-55H,10-16,22,25H2,1-3H3,(H,58,66)(H,59,67)(H,60,68)(H,56,61,63)(H,57,62,64)/t28-/m1/s1. The third kappa shape index (κ3) is 11.1. The molecule has 2 aliphatic rings. The largest absolute Gasteiger partial charge is 0.458 e. The molecule has 2 aromatic carbocycles. The first-order chi connectivity index (χ1) is 34.7. The van der Waals surface area contributed by atoms with E-state index in [4.69, 9.17) is 36.8 Å². The predicted molar refractivity (Wildman–Crippen MR) is 274 cm³/mol. The fourth-order valence-electron chi connectivity index (χ4n) is 8.69. The van der Waals surface area contributed by atoms with Gasteiger partial charge in [0.15, 0.2) is 22.8 Å². The summed E-state index contributed by atoms with van der Waals surface area (Å²) in [4.78, 5) is 78.7. The minimum absolute atomic E-state index is 0.00101. The van der Waals surface area contributed by atoms with Crippen molar-refractivity contribution in [1.82, 2.24) is 40.1 Å². The number of H-pyrrole nitrogens is 2. The molecule has 7 N–H and O–H groups in total. The monoisotopic (exact) mass is 1010 g/mol. The number of benzene rings is 2. The summed E-state index contributed by atoms with van der Waals surface area (Å²) >= 11 is 13.2. The van der Waals surface area contributed by atoms with Crippen molar-refractivity contribution in [2.45, 2.75) is 52.1 Å². The number of rotatable bonds is 13. The topological polar surface area (TPSA) is 250 Å². The van der Waals surface area contributed by atoms with Gasteiger partial charge in [-0.25, -0.2) is 24.7 Å². The zero-order valence-corrected chi connectivity index (χ0v) is 41.0. The summed E-state index contributed by atoms with van der Waals surface area (Å²) in [7, 11) is 0. The molecule has 2 aliphatic heterocycles. The van der Waals surface area contributed by atoms with E-state index in [9.17, 15) is 19.2 Å². The quantitative estimate of drug-likeness (QED) is 0.0568. The van der Waals surface area contributed by atoms with Crippen molar-refractivity contribution in [2.75, 3.05) is 54.0 Å². The smallest absolute Gasteiger partial charge is 0.410 e. The van der Waals surface area contributed by atoms with E-state index >= 15 is 0 Å². The van der Waals surface area contributed by atoms with E-state index in [1.165, 1.54) is 24.6 Å². The van der Waals surface area contributed by atoms with E-state index in [0.29, 0.717) is 103 Å². The Hall–Kier alpha value is -7.74. The van der Waals surface area contributed by atoms with Gasteiger partial charge in [0.1, 0.15) is 29.3 Å². The van der Waals surface area contributed by atoms with Gasteiger partial charge in [0.05, 0.1) is 50.4 Å². The lowest BCUT2D eigenvalue weighted by molar-refractivity contribution is -0.117. The van der Waals surface area contributed by atoms with E-state index in [0.717, 1.165) is 43.7 Å². The van der Waals surface area contributed by atoms with Crippen LogP contribution in [0.5, 0.6) is 0 Å². The molecule has 0 unspecified atom stereocenters. The van der Waals surface area contributed by atoms with Gasteiger partial charge < -0.3 is 55.0 Å². The van der Waals surface area contributed by atoms with Crippen molar-refractivity contribution >= 4 is 92.1 Å². The zero-order valence-electron chi connectivity index (χ0n) is 39.5. The average Bonchev–Trinajstić information content (AvgIpc) is 4.22. The minimum Gasteiger partial charge on any atom is -0.458 e. The number of ether oxygens (including phenoxy) is 1. The van der Waals surface area contributed by atoms with Crippen LogP contribution in [0.1, 0.15) is 67.6 Å². The Morgan fingerprint density at radius 1 is 0.736 bits per heavy atom. The fourth-order valence-corrected chi connectivity index (χ4v) is 9.10. The molecular formula is C51H50Cl2N12O7. The van der Waals surface area contributed by atoms with Gasteiger partial charge in [-0.15, -0.1) is 0 Å². The number of anilines is 4. The van der Waals surface area contributed by atoms with Crippen LogP contribution in [0.2, 0.25) is 10.0 Å². The fraction of sp³-hybridized carbons (Fsp3) is 0.294. The van der Waals surface area contributed by atoms with E-state index in [2.05, 4.69) is 56.5 Å². The van der Waals surface area contributed by atoms with Crippen LogP contribution in [0.25, 0.3) is 56.4 Å². The number of nitrogens with zero attached hydrogens (tertiary/aromatic N) is 5. The summed E-state index contributed by atoms with van der Waals surface area (Å²) in [6.07, 6.45) is 7.47. The lowest BCUT2D eigenvalue weighted by Crippen LogP contribution is -2.35. The maximum atomic E-state index is 13.4. The van der Waals surface area contributed by atoms with Gasteiger partial charge in [-0.05, 0) is 126 Å². The second kappa shape index (κ2) is 20.2. The number of aromatic amines is 2. The second-order valence-corrected chi connectivity index (χ2v) is 19.7. The molecule has 0 spiro atoms. The molecule has 0 aliphatic carbocycles. The Morgan fingerprint density at radius 3 is 2.01 bits per heavy atom. The molecule has 6 aromatic heterocycles. The van der Waals surface area contributed by atoms with E-state index in [1.807, 2.05) is 26.8 Å². The van der Waals surface area contributed by atoms with E-state index in [-0.39, 0.29) is 35.9 Å². The lowest BCUT2D eigenvalue weighted by atomic mass is 9.98. The first-order valence-electron chi connectivity index (χ1n) is 23.5. The summed E-state index contributed by atoms with van der Waals surface area (Å²) in [6, 6.07) is 18.3. The van der Waals surface area contributed by atoms with Gasteiger partial charge in [0.2, 0.25) is 5.91 Å². The first-order valence-corrected chi connectivity index (χ1v) is 24.3. The number of carbonyl (C=O) groups is 4. The molecule has 2 saturated heterocycles. The van der Waals surface area contributed by atoms with E-state index in [1.54, 1.807) is 59.6 Å². The van der Waals surface area contributed by atoms with Crippen molar-refractivity contribution in [1.29, 1.82) is 0 Å². The molecule has 0 saturated carbocycles. The van der Waals surface area contributed by atoms with Gasteiger partial charge in [0, 0.05) is 54.6 Å². The van der Waals surface area contributed by atoms with E-state index < -0.39 is 17.4 Å². The summed E-state index contributed by atoms with van der Waals surface area (Å²) in [5.41, 5.74) is 5.36. The predicted octanol–water partition coefficient (Wildman–Crippen LogP) is 10.2. The average molecular weight is 1010 g/mol. The lowest BCUT2D eigenvalue weighted by Gasteiger charge is -2.24. The molecular weight excluding hydrogens is 964 g/mol. The number of hydrogen-bond acceptors (Lipinski definition) is 13. The Balaban J connectivity index is 0.744. The third-order valence-electron chi connectivity index (χ3n) is 12.3. The Kier molecular flexibility index (Phi) is 13.4. The maximum absolute atomic E-state index is 13.4. The SMILES string of the molecule is CC(C)(C)OC(=O)N1CC[C@H](CC(=O)Nc2cnc3nc(-c4cc(NC(=O)c5cc(-c6ccc(C(=O)Nc7ccc(Cl)c(-c8nc9ncc(NCC%10CCNCC%10)cc9[nH]8)c7)o6)co5)ccc4Cl)[nH]c3c2)C1. The number of furan rings is 2. The summed E-state index contributed by atoms with van der Waals surface area (Å²) in [5.74, 6) is 0.541. The summed E-state index contributed by atoms with van der Waals surface area (Å²) < 4.78 is 17.0. The minimum atomic E-state index is -0.594. The number of pyridine rings is 2. The molecule has 8 aromatic rings. The number of hydrogen-bond donors (Lipinski definition) is 7. The number of imidazole rings is 2. The molecule has 0 bridgehead atoms. The van der Waals surface area contributed by atoms with Crippen LogP contribution in [-0.4, -0.2) is 96.9 Å². The Labute approximate surface area is 422 Å². The number of amides is 4. The van der Waals surface area contributed by atoms with Crippen molar-refractivity contribution in [3.63, 3.8) is 0 Å². The number of aromatic nitrogens is 6. The molecule has 21 heteroatoms. The van der Waals surface area contributed by atoms with Crippen LogP contribution < -0.4 is 26.6 Å². The van der Waals surface area contributed by atoms with Crippen LogP contribution in [-0.2, 0) is 9.53 Å². The van der Waals surface area contributed by atoms with Crippen LogP contribution in [0.3, 0.4) is 0 Å². The van der Waals surface area contributed by atoms with Crippen LogP contribution >= 0.6 is 23.2 Å². The maximum Gasteiger partial charge on any atom is 0.410 e. The van der Waals surface area contributed by atoms with Crippen LogP contribution in [0, 0.1) is 11.8 Å². The molecule has 72 heavy (non-hydrogen) atoms. The van der Waals surface area contributed by atoms with Crippen molar-refractivity contribution in [2.24, 2.45) is 11.8 Å². The number of halogens is 2. The van der Waals surface area contributed by atoms with Gasteiger partial charge >= 0.3 is 6.09 Å². The number of likely N-dealkylation sites (tertiary alicyclic amines) is 1. The normalized spacial score (nSPS) is 15.2. The first kappa shape index (κ1) is 47.9. The highest BCUT2D eigenvalue weighted by Crippen LogP contribution is 2.34. The van der Waals surface area contributed by atoms with Gasteiger partial charge in [-0.3, -0.25) is 14.4 Å². The molecule has 370 valence electrons. The van der Waals surface area contributed by atoms with Crippen LogP contribution in [0.4, 0.5) is 27.5 Å². The Bertz CT molecular complexity index is 3350. The molecule has 4 amide bonds. The second-order valence-electron chi connectivity index (χ2n) is 18.9. The molecule has 8 heterocycles. The summed E-state index contributed by atoms with van der Waals surface area (Å²) in [6.45, 7) is 9.38. The molecule has 2 fully saturated rings. The molecule has 1 atom stereocenters. The van der Waals surface area contributed by atoms with Crippen molar-refractivity contribution in [3.8, 4) is 34.1 Å². The van der Waals surface area contributed by atoms with Gasteiger partial charge in [-0.2, -0.15) is 0 Å². The highest BCUT2D eigenvalue weighted by molar-refractivity contribution is 6.33. The molecule has 19 nitrogen and oxygen atoms in total. The van der Waals surface area contributed by atoms with Crippen LogP contribution in [0.15, 0.2) is 94.2 Å². The van der Waals surface area contributed by atoms with Crippen molar-refractivity contribution < 1.29 is 32.7 Å². The Morgan fingerprint density at radius 2 is 1.36 bits per heavy atom. The molecule has 0 radical (unpaired) electrons. The van der Waals surface area contributed by atoms with Gasteiger partial charge in [-0.1, -0.05) is 23.2 Å². The number of fused-ring (bicyclic) bond motifs is 2. The summed E-state index contributed by atoms with van der Waals surface area (Å²) in [5, 5.41) is 16.3. The third-order valence-corrected chi connectivity index (χ3v) is 13.0. The van der Waals surface area contributed by atoms with Crippen molar-refractivity contribution in [3.05, 3.63) is 107 Å². The van der Waals surface area contributed by atoms with Gasteiger partial charge in [0.25, 0.3) is 11.8 Å².